The van der Waals surface area contributed by atoms with Gasteiger partial charge in [-0.25, -0.2) is 5.43 Å². The van der Waals surface area contributed by atoms with Gasteiger partial charge in [0.2, 0.25) is 0 Å². The van der Waals surface area contributed by atoms with E-state index in [0.29, 0.717) is 10.6 Å². The highest BCUT2D eigenvalue weighted by Gasteiger charge is 2.13. The molecule has 5 rings (SSSR count). The summed E-state index contributed by atoms with van der Waals surface area (Å²) in [5.41, 5.74) is 12.7. The minimum absolute atomic E-state index is 0.264. The maximum absolute atomic E-state index is 12.8. The van der Waals surface area contributed by atoms with E-state index >= 15 is 0 Å². The van der Waals surface area contributed by atoms with Crippen LogP contribution in [0.4, 0.5) is 0 Å². The quantitative estimate of drug-likeness (QED) is 0.182. The molecule has 0 radical (unpaired) electrons. The molecule has 0 saturated carbocycles. The van der Waals surface area contributed by atoms with E-state index in [0.717, 1.165) is 50.8 Å². The molecule has 0 fully saturated rings. The summed E-state index contributed by atoms with van der Waals surface area (Å²) >= 11 is 6.25. The molecule has 2 aromatic heterocycles. The maximum atomic E-state index is 12.8. The largest absolute Gasteiger partial charge is 0.318 e. The standard InChI is InChI=1S/C32H29ClN4O/c1-21-10-14-28(33)19-31(21)36-23(3)18-27(24(36)4)20-34-35-32(38)26-12-15-29(16-13-26)37-22(2)11-17-30(37)25-8-6-5-7-9-25/h5-20H,1-4H3,(H,35,38)/b34-20-. The van der Waals surface area contributed by atoms with Crippen LogP contribution in [-0.2, 0) is 0 Å². The second kappa shape index (κ2) is 10.6. The van der Waals surface area contributed by atoms with E-state index in [1.807, 2.05) is 80.6 Å². The van der Waals surface area contributed by atoms with E-state index in [1.54, 1.807) is 6.21 Å². The van der Waals surface area contributed by atoms with Gasteiger partial charge in [-0.3, -0.25) is 4.79 Å². The van der Waals surface area contributed by atoms with Gasteiger partial charge < -0.3 is 9.13 Å². The molecule has 0 aliphatic rings. The van der Waals surface area contributed by atoms with Crippen molar-refractivity contribution in [1.29, 1.82) is 0 Å². The van der Waals surface area contributed by atoms with Crippen molar-refractivity contribution in [3.05, 3.63) is 130 Å². The molecule has 0 aliphatic carbocycles. The Bertz CT molecular complexity index is 1640. The van der Waals surface area contributed by atoms with Crippen molar-refractivity contribution in [3.8, 4) is 22.6 Å². The van der Waals surface area contributed by atoms with Crippen molar-refractivity contribution in [3.63, 3.8) is 0 Å². The van der Waals surface area contributed by atoms with Gasteiger partial charge in [0.1, 0.15) is 0 Å². The molecule has 0 saturated heterocycles. The van der Waals surface area contributed by atoms with Crippen LogP contribution in [-0.4, -0.2) is 21.3 Å². The average Bonchev–Trinajstić information content (AvgIpc) is 3.44. The highest BCUT2D eigenvalue weighted by Crippen LogP contribution is 2.27. The molecule has 5 aromatic rings. The normalized spacial score (nSPS) is 11.3. The summed E-state index contributed by atoms with van der Waals surface area (Å²) in [5, 5.41) is 4.93. The Hall–Kier alpha value is -4.35. The number of amides is 1. The molecule has 190 valence electrons. The average molecular weight is 521 g/mol. The summed E-state index contributed by atoms with van der Waals surface area (Å²) in [5.74, 6) is -0.264. The van der Waals surface area contributed by atoms with Crippen molar-refractivity contribution in [2.75, 3.05) is 0 Å². The number of carbonyl (C=O) groups excluding carboxylic acids is 1. The third-order valence-corrected chi connectivity index (χ3v) is 7.02. The maximum Gasteiger partial charge on any atom is 0.271 e. The summed E-state index contributed by atoms with van der Waals surface area (Å²) in [7, 11) is 0. The van der Waals surface area contributed by atoms with Crippen molar-refractivity contribution in [2.24, 2.45) is 5.10 Å². The van der Waals surface area contributed by atoms with Gasteiger partial charge in [-0.05, 0) is 93.4 Å². The molecular weight excluding hydrogens is 492 g/mol. The Morgan fingerprint density at radius 2 is 1.55 bits per heavy atom. The topological polar surface area (TPSA) is 51.3 Å². The first-order valence-corrected chi connectivity index (χ1v) is 12.8. The van der Waals surface area contributed by atoms with Crippen molar-refractivity contribution in [1.82, 2.24) is 14.6 Å². The van der Waals surface area contributed by atoms with E-state index < -0.39 is 0 Å². The van der Waals surface area contributed by atoms with Crippen LogP contribution in [0.25, 0.3) is 22.6 Å². The smallest absolute Gasteiger partial charge is 0.271 e. The highest BCUT2D eigenvalue weighted by molar-refractivity contribution is 6.30. The zero-order chi connectivity index (χ0) is 26.8. The third-order valence-electron chi connectivity index (χ3n) is 6.79. The molecule has 1 N–H and O–H groups in total. The van der Waals surface area contributed by atoms with Gasteiger partial charge in [0.25, 0.3) is 5.91 Å². The summed E-state index contributed by atoms with van der Waals surface area (Å²) in [6.07, 6.45) is 1.68. The van der Waals surface area contributed by atoms with Gasteiger partial charge in [0.05, 0.1) is 11.9 Å². The van der Waals surface area contributed by atoms with E-state index in [2.05, 4.69) is 57.8 Å². The Balaban J connectivity index is 1.32. The molecule has 3 aromatic carbocycles. The Morgan fingerprint density at radius 1 is 0.816 bits per heavy atom. The SMILES string of the molecule is Cc1ccc(Cl)cc1-n1c(C)cc(/C=N\NC(=O)c2ccc(-n3c(C)ccc3-c3ccccc3)cc2)c1C. The molecule has 2 heterocycles. The van der Waals surface area contributed by atoms with E-state index in [1.165, 1.54) is 0 Å². The second-order valence-electron chi connectivity index (χ2n) is 9.40. The number of hydrazone groups is 1. The number of benzene rings is 3. The number of hydrogen-bond donors (Lipinski definition) is 1. The zero-order valence-corrected chi connectivity index (χ0v) is 22.6. The summed E-state index contributed by atoms with van der Waals surface area (Å²) in [4.78, 5) is 12.8. The molecule has 6 heteroatoms. The molecule has 0 aliphatic heterocycles. The molecular formula is C32H29ClN4O. The Morgan fingerprint density at radius 3 is 2.29 bits per heavy atom. The highest BCUT2D eigenvalue weighted by atomic mass is 35.5. The third kappa shape index (κ3) is 4.93. The lowest BCUT2D eigenvalue weighted by Crippen LogP contribution is -2.17. The molecule has 38 heavy (non-hydrogen) atoms. The first kappa shape index (κ1) is 25.3. The van der Waals surface area contributed by atoms with Crippen LogP contribution >= 0.6 is 11.6 Å². The Labute approximate surface area is 228 Å². The number of rotatable bonds is 6. The number of nitrogens with zero attached hydrogens (tertiary/aromatic N) is 3. The lowest BCUT2D eigenvalue weighted by atomic mass is 10.1. The van der Waals surface area contributed by atoms with Gasteiger partial charge in [-0.1, -0.05) is 48.0 Å². The van der Waals surface area contributed by atoms with Crippen molar-refractivity contribution in [2.45, 2.75) is 27.7 Å². The Kier molecular flexibility index (Phi) is 7.03. The predicted octanol–water partition coefficient (Wildman–Crippen LogP) is 7.59. The van der Waals surface area contributed by atoms with E-state index in [9.17, 15) is 4.79 Å². The lowest BCUT2D eigenvalue weighted by molar-refractivity contribution is 0.0955. The molecule has 0 spiro atoms. The lowest BCUT2D eigenvalue weighted by Gasteiger charge is -2.13. The van der Waals surface area contributed by atoms with Crippen LogP contribution in [0.5, 0.6) is 0 Å². The van der Waals surface area contributed by atoms with Crippen LogP contribution in [0, 0.1) is 27.7 Å². The molecule has 0 atom stereocenters. The first-order chi connectivity index (χ1) is 18.3. The minimum Gasteiger partial charge on any atom is -0.318 e. The summed E-state index contributed by atoms with van der Waals surface area (Å²) in [6, 6.07) is 29.9. The van der Waals surface area contributed by atoms with Crippen LogP contribution in [0.15, 0.2) is 96.1 Å². The predicted molar refractivity (Wildman–Crippen MR) is 156 cm³/mol. The first-order valence-electron chi connectivity index (χ1n) is 12.5. The fourth-order valence-corrected chi connectivity index (χ4v) is 4.98. The summed E-state index contributed by atoms with van der Waals surface area (Å²) < 4.78 is 4.34. The summed E-state index contributed by atoms with van der Waals surface area (Å²) in [6.45, 7) is 8.21. The number of hydrogen-bond acceptors (Lipinski definition) is 2. The molecule has 1 amide bonds. The number of aromatic nitrogens is 2. The monoisotopic (exact) mass is 520 g/mol. The fourth-order valence-electron chi connectivity index (χ4n) is 4.81. The molecule has 0 unspecified atom stereocenters. The zero-order valence-electron chi connectivity index (χ0n) is 21.9. The van der Waals surface area contributed by atoms with E-state index in [4.69, 9.17) is 11.6 Å². The van der Waals surface area contributed by atoms with Gasteiger partial charge in [0.15, 0.2) is 0 Å². The van der Waals surface area contributed by atoms with Gasteiger partial charge in [-0.15, -0.1) is 0 Å². The van der Waals surface area contributed by atoms with Gasteiger partial charge in [0, 0.05) is 44.6 Å². The van der Waals surface area contributed by atoms with Crippen LogP contribution in [0.3, 0.4) is 0 Å². The minimum atomic E-state index is -0.264. The number of nitrogens with one attached hydrogen (secondary N) is 1. The second-order valence-corrected chi connectivity index (χ2v) is 9.84. The van der Waals surface area contributed by atoms with Crippen molar-refractivity contribution >= 4 is 23.7 Å². The van der Waals surface area contributed by atoms with Crippen LogP contribution in [0.2, 0.25) is 5.02 Å². The fraction of sp³-hybridized carbons (Fsp3) is 0.125. The van der Waals surface area contributed by atoms with Crippen molar-refractivity contribution < 1.29 is 4.79 Å². The van der Waals surface area contributed by atoms with Crippen LogP contribution in [0.1, 0.15) is 38.6 Å². The van der Waals surface area contributed by atoms with Gasteiger partial charge in [-0.2, -0.15) is 5.10 Å². The number of halogens is 1. The molecule has 5 nitrogen and oxygen atoms in total. The number of aryl methyl sites for hydroxylation is 3. The molecule has 0 bridgehead atoms. The van der Waals surface area contributed by atoms with Crippen LogP contribution < -0.4 is 5.43 Å². The number of carbonyl (C=O) groups is 1. The van der Waals surface area contributed by atoms with Gasteiger partial charge >= 0.3 is 0 Å². The van der Waals surface area contributed by atoms with E-state index in [-0.39, 0.29) is 5.91 Å².